The predicted molar refractivity (Wildman–Crippen MR) is 58.0 cm³/mol. The second kappa shape index (κ2) is 5.33. The zero-order valence-corrected chi connectivity index (χ0v) is 8.40. The van der Waals surface area contributed by atoms with Gasteiger partial charge >= 0.3 is 5.97 Å². The van der Waals surface area contributed by atoms with Gasteiger partial charge < -0.3 is 10.4 Å². The van der Waals surface area contributed by atoms with Crippen molar-refractivity contribution in [2.75, 3.05) is 11.9 Å². The normalized spacial score (nSPS) is 9.18. The summed E-state index contributed by atoms with van der Waals surface area (Å²) in [4.78, 5) is 22.8. The van der Waals surface area contributed by atoms with Crippen LogP contribution in [0.4, 0.5) is 17.1 Å². The van der Waals surface area contributed by atoms with Crippen molar-refractivity contribution in [3.05, 3.63) is 38.8 Å². The number of hydrogen-bond donors (Lipinski definition) is 2. The van der Waals surface area contributed by atoms with E-state index in [0.29, 0.717) is 0 Å². The minimum absolute atomic E-state index is 0.0503. The first-order valence-electron chi connectivity index (χ1n) is 4.34. The van der Waals surface area contributed by atoms with Crippen LogP contribution in [0.2, 0.25) is 0 Å². The maximum Gasteiger partial charge on any atom is 0.322 e. The van der Waals surface area contributed by atoms with E-state index in [2.05, 4.69) is 15.3 Å². The molecule has 0 spiro atoms. The van der Waals surface area contributed by atoms with E-state index in [9.17, 15) is 14.9 Å². The number of benzene rings is 1. The Morgan fingerprint density at radius 1 is 1.65 bits per heavy atom. The molecule has 0 saturated heterocycles. The van der Waals surface area contributed by atoms with E-state index >= 15 is 0 Å². The third-order valence-electron chi connectivity index (χ3n) is 1.77. The molecule has 0 aromatic heterocycles. The number of carbonyl (C=O) groups is 1. The van der Waals surface area contributed by atoms with Gasteiger partial charge in [0.15, 0.2) is 0 Å². The van der Waals surface area contributed by atoms with Crippen molar-refractivity contribution in [3.8, 4) is 0 Å². The molecule has 0 bridgehead atoms. The quantitative estimate of drug-likeness (QED) is 0.265. The van der Waals surface area contributed by atoms with Gasteiger partial charge in [0.1, 0.15) is 12.2 Å². The summed E-state index contributed by atoms with van der Waals surface area (Å²) in [6.07, 6.45) is 0. The molecule has 1 rings (SSSR count). The van der Waals surface area contributed by atoms with Crippen LogP contribution < -0.4 is 5.32 Å². The van der Waals surface area contributed by atoms with E-state index in [0.717, 1.165) is 6.07 Å². The Morgan fingerprint density at radius 2 is 2.35 bits per heavy atom. The van der Waals surface area contributed by atoms with Gasteiger partial charge in [-0.3, -0.25) is 14.9 Å². The number of nitrogens with zero attached hydrogens (tertiary/aromatic N) is 4. The molecule has 0 unspecified atom stereocenters. The second-order valence-electron chi connectivity index (χ2n) is 2.90. The fourth-order valence-corrected chi connectivity index (χ4v) is 1.11. The lowest BCUT2D eigenvalue weighted by molar-refractivity contribution is -0.383. The molecule has 9 nitrogen and oxygen atoms in total. The summed E-state index contributed by atoms with van der Waals surface area (Å²) in [6.45, 7) is -0.443. The monoisotopic (exact) mass is 237 g/mol. The standard InChI is InChI=1S/C8H7N5O4/c9-12-11-5-1-2-6(10-4-8(14)15)7(3-5)13(16)17/h1-3,10H,4H2,(H,14,15). The second-order valence-corrected chi connectivity index (χ2v) is 2.90. The molecule has 1 aromatic rings. The topological polar surface area (TPSA) is 141 Å². The minimum Gasteiger partial charge on any atom is -0.480 e. The summed E-state index contributed by atoms with van der Waals surface area (Å²) < 4.78 is 0. The lowest BCUT2D eigenvalue weighted by atomic mass is 10.2. The molecule has 88 valence electrons. The highest BCUT2D eigenvalue weighted by molar-refractivity contribution is 5.75. The first-order chi connectivity index (χ1) is 8.04. The van der Waals surface area contributed by atoms with Gasteiger partial charge in [-0.25, -0.2) is 0 Å². The Kier molecular flexibility index (Phi) is 3.85. The maximum atomic E-state index is 10.7. The molecule has 0 fully saturated rings. The van der Waals surface area contributed by atoms with Crippen molar-refractivity contribution in [2.45, 2.75) is 0 Å². The van der Waals surface area contributed by atoms with Crippen LogP contribution >= 0.6 is 0 Å². The summed E-state index contributed by atoms with van der Waals surface area (Å²) in [7, 11) is 0. The van der Waals surface area contributed by atoms with E-state index in [4.69, 9.17) is 10.6 Å². The minimum atomic E-state index is -1.14. The van der Waals surface area contributed by atoms with Crippen LogP contribution in [0.3, 0.4) is 0 Å². The molecular formula is C8H7N5O4. The summed E-state index contributed by atoms with van der Waals surface area (Å²) in [5, 5.41) is 24.8. The third-order valence-corrected chi connectivity index (χ3v) is 1.77. The molecule has 0 atom stereocenters. The molecule has 0 amide bonds. The summed E-state index contributed by atoms with van der Waals surface area (Å²) in [6, 6.07) is 3.69. The largest absolute Gasteiger partial charge is 0.480 e. The fourth-order valence-electron chi connectivity index (χ4n) is 1.11. The van der Waals surface area contributed by atoms with Crippen molar-refractivity contribution >= 4 is 23.0 Å². The van der Waals surface area contributed by atoms with Crippen molar-refractivity contribution in [1.29, 1.82) is 0 Å². The molecule has 0 aliphatic carbocycles. The Balaban J connectivity index is 3.08. The van der Waals surface area contributed by atoms with Crippen LogP contribution in [0.1, 0.15) is 0 Å². The zero-order chi connectivity index (χ0) is 12.8. The molecule has 0 heterocycles. The van der Waals surface area contributed by atoms with Crippen molar-refractivity contribution in [3.63, 3.8) is 0 Å². The molecule has 17 heavy (non-hydrogen) atoms. The number of carboxylic acid groups (broad SMARTS) is 1. The van der Waals surface area contributed by atoms with Gasteiger partial charge in [0.2, 0.25) is 0 Å². The fraction of sp³-hybridized carbons (Fsp3) is 0.125. The van der Waals surface area contributed by atoms with Gasteiger partial charge in [0.05, 0.1) is 4.92 Å². The highest BCUT2D eigenvalue weighted by atomic mass is 16.6. The number of nitro groups is 1. The SMILES string of the molecule is [N-]=[N+]=Nc1ccc(NCC(=O)O)c([N+](=O)[O-])c1. The molecule has 0 aliphatic rings. The Labute approximate surface area is 94.5 Å². The number of aliphatic carboxylic acids is 1. The lowest BCUT2D eigenvalue weighted by Gasteiger charge is -2.04. The molecule has 0 aliphatic heterocycles. The molecule has 0 radical (unpaired) electrons. The number of hydrogen-bond acceptors (Lipinski definition) is 5. The van der Waals surface area contributed by atoms with E-state index < -0.39 is 17.4 Å². The lowest BCUT2D eigenvalue weighted by Crippen LogP contribution is -2.13. The van der Waals surface area contributed by atoms with Crippen LogP contribution in [-0.2, 0) is 4.79 Å². The van der Waals surface area contributed by atoms with E-state index in [1.165, 1.54) is 12.1 Å². The average molecular weight is 237 g/mol. The van der Waals surface area contributed by atoms with Crippen molar-refractivity contribution in [1.82, 2.24) is 0 Å². The van der Waals surface area contributed by atoms with Crippen molar-refractivity contribution in [2.24, 2.45) is 5.11 Å². The van der Waals surface area contributed by atoms with E-state index in [1.807, 2.05) is 0 Å². The Hall–Kier alpha value is -2.80. The molecule has 2 N–H and O–H groups in total. The smallest absolute Gasteiger partial charge is 0.322 e. The van der Waals surface area contributed by atoms with Crippen LogP contribution in [0.5, 0.6) is 0 Å². The average Bonchev–Trinajstić information content (AvgIpc) is 2.27. The first-order valence-corrected chi connectivity index (χ1v) is 4.34. The number of carboxylic acids is 1. The number of nitro benzene ring substituents is 1. The van der Waals surface area contributed by atoms with Crippen LogP contribution in [0.25, 0.3) is 10.4 Å². The van der Waals surface area contributed by atoms with Gasteiger partial charge in [-0.05, 0) is 11.6 Å². The highest BCUT2D eigenvalue weighted by Gasteiger charge is 2.14. The van der Waals surface area contributed by atoms with Crippen LogP contribution in [0.15, 0.2) is 23.3 Å². The van der Waals surface area contributed by atoms with Crippen LogP contribution in [0, 0.1) is 10.1 Å². The van der Waals surface area contributed by atoms with Crippen LogP contribution in [-0.4, -0.2) is 22.5 Å². The molecule has 1 aromatic carbocycles. The summed E-state index contributed by atoms with van der Waals surface area (Å²) in [5.74, 6) is -1.14. The van der Waals surface area contributed by atoms with E-state index in [1.54, 1.807) is 0 Å². The van der Waals surface area contributed by atoms with Gasteiger partial charge in [-0.15, -0.1) is 0 Å². The zero-order valence-electron chi connectivity index (χ0n) is 8.40. The number of nitrogens with one attached hydrogen (secondary N) is 1. The number of rotatable bonds is 5. The number of azide groups is 1. The predicted octanol–water partition coefficient (Wildman–Crippen LogP) is 2.03. The summed E-state index contributed by atoms with van der Waals surface area (Å²) in [5.41, 5.74) is 7.97. The van der Waals surface area contributed by atoms with Gasteiger partial charge in [-0.1, -0.05) is 11.2 Å². The number of anilines is 1. The van der Waals surface area contributed by atoms with Crippen molar-refractivity contribution < 1.29 is 14.8 Å². The van der Waals surface area contributed by atoms with Gasteiger partial charge in [0, 0.05) is 16.7 Å². The third kappa shape index (κ3) is 3.36. The highest BCUT2D eigenvalue weighted by Crippen LogP contribution is 2.29. The molecule has 0 saturated carbocycles. The maximum absolute atomic E-state index is 10.7. The van der Waals surface area contributed by atoms with Gasteiger partial charge in [0.25, 0.3) is 5.69 Å². The van der Waals surface area contributed by atoms with Gasteiger partial charge in [-0.2, -0.15) is 0 Å². The summed E-state index contributed by atoms with van der Waals surface area (Å²) >= 11 is 0. The first kappa shape index (κ1) is 12.3. The Bertz CT molecular complexity index is 509. The Morgan fingerprint density at radius 3 is 2.88 bits per heavy atom. The molecule has 9 heteroatoms. The van der Waals surface area contributed by atoms with E-state index in [-0.39, 0.29) is 17.1 Å². The molecular weight excluding hydrogens is 230 g/mol.